The van der Waals surface area contributed by atoms with Gasteiger partial charge >= 0.3 is 0 Å². The summed E-state index contributed by atoms with van der Waals surface area (Å²) in [5, 5.41) is 36.7. The first kappa shape index (κ1) is 36.1. The fourth-order valence-electron chi connectivity index (χ4n) is 9.17. The highest BCUT2D eigenvalue weighted by Crippen LogP contribution is 2.44. The minimum Gasteiger partial charge on any atom is -0.309 e. The Kier molecular flexibility index (Phi) is 8.54. The maximum Gasteiger partial charge on any atom is 0.102 e. The molecule has 0 aliphatic carbocycles. The topological polar surface area (TPSA) is 94.1 Å². The molecule has 0 N–H and O–H groups in total. The molecule has 286 valence electrons. The molecule has 0 fully saturated rings. The molecule has 3 aromatic heterocycles. The van der Waals surface area contributed by atoms with Crippen LogP contribution in [0.25, 0.3) is 99.8 Å². The molecule has 6 heteroatoms. The molecule has 62 heavy (non-hydrogen) atoms. The van der Waals surface area contributed by atoms with Crippen molar-refractivity contribution in [2.45, 2.75) is 0 Å². The molecule has 0 amide bonds. The maximum atomic E-state index is 10.9. The van der Waals surface area contributed by atoms with Crippen LogP contribution in [0.4, 0.5) is 0 Å². The molecular weight excluding hydrogens is 757 g/mol. The van der Waals surface area contributed by atoms with Crippen LogP contribution in [0.15, 0.2) is 194 Å². The molecule has 0 spiro atoms. The summed E-state index contributed by atoms with van der Waals surface area (Å²) < 4.78 is 4.69. The van der Waals surface area contributed by atoms with Gasteiger partial charge in [0.15, 0.2) is 0 Å². The van der Waals surface area contributed by atoms with Crippen molar-refractivity contribution in [1.29, 1.82) is 15.8 Å². The van der Waals surface area contributed by atoms with Crippen molar-refractivity contribution in [3.8, 4) is 74.4 Å². The zero-order chi connectivity index (χ0) is 41.7. The number of hydrogen-bond acceptors (Lipinski definition) is 4. The first-order valence-corrected chi connectivity index (χ1v) is 20.3. The molecule has 0 unspecified atom stereocenters. The normalized spacial score (nSPS) is 11.2. The van der Waals surface area contributed by atoms with Crippen LogP contribution in [0.3, 0.4) is 0 Å². The molecule has 0 aliphatic rings. The fraction of sp³-hybridized carbons (Fsp3) is 0. The summed E-state index contributed by atoms with van der Waals surface area (Å²) in [7, 11) is 0. The van der Waals surface area contributed by atoms with E-state index in [-0.39, 0.29) is 5.56 Å². The van der Waals surface area contributed by atoms with Crippen molar-refractivity contribution < 1.29 is 0 Å². The van der Waals surface area contributed by atoms with Crippen LogP contribution in [0.1, 0.15) is 16.7 Å². The van der Waals surface area contributed by atoms with Crippen LogP contribution in [-0.4, -0.2) is 14.1 Å². The Morgan fingerprint density at radius 1 is 0.387 bits per heavy atom. The second-order valence-corrected chi connectivity index (χ2v) is 15.2. The number of fused-ring (bicyclic) bond motifs is 7. The summed E-state index contributed by atoms with van der Waals surface area (Å²) in [6, 6.07) is 72.4. The second-order valence-electron chi connectivity index (χ2n) is 15.2. The van der Waals surface area contributed by atoms with E-state index >= 15 is 0 Å². The maximum absolute atomic E-state index is 10.9. The quantitative estimate of drug-likeness (QED) is 0.168. The number of para-hydroxylation sites is 3. The molecule has 0 saturated carbocycles. The lowest BCUT2D eigenvalue weighted by Gasteiger charge is -2.16. The summed E-state index contributed by atoms with van der Waals surface area (Å²) in [5.41, 5.74) is 12.7. The highest BCUT2D eigenvalue weighted by molar-refractivity contribution is 6.26. The summed E-state index contributed by atoms with van der Waals surface area (Å²) in [5.74, 6) is 0. The summed E-state index contributed by atoms with van der Waals surface area (Å²) >= 11 is 0. The summed E-state index contributed by atoms with van der Waals surface area (Å²) in [6.45, 7) is 0. The molecular formula is C56H32N6. The third-order valence-electron chi connectivity index (χ3n) is 11.8. The highest BCUT2D eigenvalue weighted by Gasteiger charge is 2.25. The van der Waals surface area contributed by atoms with Crippen LogP contribution in [0.2, 0.25) is 0 Å². The minimum atomic E-state index is 0.275. The van der Waals surface area contributed by atoms with E-state index in [0.29, 0.717) is 33.6 Å². The summed E-state index contributed by atoms with van der Waals surface area (Å²) in [4.78, 5) is 5.05. The molecule has 6 nitrogen and oxygen atoms in total. The molecule has 8 aromatic carbocycles. The minimum absolute atomic E-state index is 0.275. The number of benzene rings is 8. The SMILES string of the molecule is N#Cc1cc(-c2nc(-c3ccccc3)c(C#N)c(-c3ccccc3)c2C#N)ccc1-c1ccc2c(c1)c1c(ccc3c4ccccc4n(-c4ccccc4)c31)n2-c1ccccc1. The fourth-order valence-corrected chi connectivity index (χ4v) is 9.17. The van der Waals surface area contributed by atoms with E-state index in [4.69, 9.17) is 4.98 Å². The van der Waals surface area contributed by atoms with E-state index in [0.717, 1.165) is 71.9 Å². The van der Waals surface area contributed by atoms with Gasteiger partial charge in [0.1, 0.15) is 12.1 Å². The predicted octanol–water partition coefficient (Wildman–Crippen LogP) is 13.6. The summed E-state index contributed by atoms with van der Waals surface area (Å²) in [6.07, 6.45) is 0. The highest BCUT2D eigenvalue weighted by atomic mass is 15.0. The van der Waals surface area contributed by atoms with Gasteiger partial charge in [-0.05, 0) is 71.3 Å². The zero-order valence-electron chi connectivity index (χ0n) is 33.2. The van der Waals surface area contributed by atoms with Crippen LogP contribution < -0.4 is 0 Å². The molecule has 3 heterocycles. The standard InChI is InChI=1S/C56H32N6/c57-33-40-31-39(55-48(35-59)52(36-15-5-1-6-16-36)47(34-58)54(60-55)37-17-7-2-8-18-37)25-27-43(40)38-26-29-50-46(32-38)53-51(61(50)41-19-9-3-10-20-41)30-28-45-44-23-13-14-24-49(44)62(56(45)53)42-21-11-4-12-22-42/h1-32H. The molecule has 11 aromatic rings. The lowest BCUT2D eigenvalue weighted by atomic mass is 9.88. The van der Waals surface area contributed by atoms with Gasteiger partial charge in [-0.15, -0.1) is 0 Å². The number of nitriles is 3. The van der Waals surface area contributed by atoms with Crippen molar-refractivity contribution >= 4 is 43.6 Å². The van der Waals surface area contributed by atoms with Crippen molar-refractivity contribution in [3.63, 3.8) is 0 Å². The van der Waals surface area contributed by atoms with E-state index in [2.05, 4.69) is 130 Å². The molecule has 0 saturated heterocycles. The lowest BCUT2D eigenvalue weighted by molar-refractivity contribution is 1.17. The van der Waals surface area contributed by atoms with Gasteiger partial charge in [-0.3, -0.25) is 0 Å². The monoisotopic (exact) mass is 788 g/mol. The van der Waals surface area contributed by atoms with E-state index in [1.807, 2.05) is 91.0 Å². The van der Waals surface area contributed by atoms with Crippen molar-refractivity contribution in [1.82, 2.24) is 14.1 Å². The Morgan fingerprint density at radius 2 is 0.935 bits per heavy atom. The largest absolute Gasteiger partial charge is 0.309 e. The van der Waals surface area contributed by atoms with Crippen LogP contribution in [0.5, 0.6) is 0 Å². The van der Waals surface area contributed by atoms with Gasteiger partial charge in [-0.25, -0.2) is 4.98 Å². The Balaban J connectivity index is 1.17. The van der Waals surface area contributed by atoms with Gasteiger partial charge in [0, 0.05) is 49.6 Å². The Bertz CT molecular complexity index is 3690. The Hall–Kier alpha value is -9.02. The second kappa shape index (κ2) is 14.7. The van der Waals surface area contributed by atoms with Gasteiger partial charge < -0.3 is 9.13 Å². The predicted molar refractivity (Wildman–Crippen MR) is 249 cm³/mol. The third kappa shape index (κ3) is 5.59. The lowest BCUT2D eigenvalue weighted by Crippen LogP contribution is -2.02. The van der Waals surface area contributed by atoms with E-state index < -0.39 is 0 Å². The molecule has 0 atom stereocenters. The van der Waals surface area contributed by atoms with E-state index in [1.54, 1.807) is 0 Å². The number of aromatic nitrogens is 3. The molecule has 0 aliphatic heterocycles. The van der Waals surface area contributed by atoms with Gasteiger partial charge in [-0.1, -0.05) is 140 Å². The number of nitrogens with zero attached hydrogens (tertiary/aromatic N) is 6. The first-order chi connectivity index (χ1) is 30.7. The van der Waals surface area contributed by atoms with E-state index in [1.165, 1.54) is 5.39 Å². The van der Waals surface area contributed by atoms with Crippen LogP contribution in [-0.2, 0) is 0 Å². The average Bonchev–Trinajstić information content (AvgIpc) is 3.86. The van der Waals surface area contributed by atoms with Gasteiger partial charge in [0.2, 0.25) is 0 Å². The van der Waals surface area contributed by atoms with Crippen molar-refractivity contribution in [3.05, 3.63) is 211 Å². The zero-order valence-corrected chi connectivity index (χ0v) is 33.2. The van der Waals surface area contributed by atoms with Crippen molar-refractivity contribution in [2.75, 3.05) is 0 Å². The average molecular weight is 789 g/mol. The van der Waals surface area contributed by atoms with Crippen molar-refractivity contribution in [2.24, 2.45) is 0 Å². The van der Waals surface area contributed by atoms with Gasteiger partial charge in [-0.2, -0.15) is 15.8 Å². The Labute approximate surface area is 357 Å². The van der Waals surface area contributed by atoms with Crippen LogP contribution >= 0.6 is 0 Å². The third-order valence-corrected chi connectivity index (χ3v) is 11.8. The molecule has 0 radical (unpaired) electrons. The number of hydrogen-bond donors (Lipinski definition) is 0. The smallest absolute Gasteiger partial charge is 0.102 e. The number of rotatable bonds is 6. The number of pyridine rings is 1. The molecule has 11 rings (SSSR count). The molecule has 0 bridgehead atoms. The first-order valence-electron chi connectivity index (χ1n) is 20.3. The van der Waals surface area contributed by atoms with Gasteiger partial charge in [0.25, 0.3) is 0 Å². The van der Waals surface area contributed by atoms with Gasteiger partial charge in [0.05, 0.1) is 56.2 Å². The Morgan fingerprint density at radius 3 is 1.60 bits per heavy atom. The van der Waals surface area contributed by atoms with Crippen LogP contribution in [0, 0.1) is 34.0 Å². The van der Waals surface area contributed by atoms with E-state index in [9.17, 15) is 15.8 Å².